The second-order valence-electron chi connectivity index (χ2n) is 5.00. The van der Waals surface area contributed by atoms with E-state index < -0.39 is 11.8 Å². The number of imide groups is 1. The number of rotatable bonds is 3. The summed E-state index contributed by atoms with van der Waals surface area (Å²) in [6.45, 7) is 2.43. The quantitative estimate of drug-likeness (QED) is 0.754. The van der Waals surface area contributed by atoms with Gasteiger partial charge in [0.1, 0.15) is 6.61 Å². The molecule has 1 unspecified atom stereocenters. The first kappa shape index (κ1) is 13.2. The number of morpholine rings is 1. The Labute approximate surface area is 116 Å². The lowest BCUT2D eigenvalue weighted by molar-refractivity contribution is -0.140. The van der Waals surface area contributed by atoms with Gasteiger partial charge in [0.2, 0.25) is 0 Å². The molecule has 0 aromatic heterocycles. The maximum atomic E-state index is 12.1. The minimum atomic E-state index is -0.408. The van der Waals surface area contributed by atoms with Crippen LogP contribution in [0.25, 0.3) is 0 Å². The van der Waals surface area contributed by atoms with Crippen LogP contribution >= 0.6 is 0 Å². The third-order valence-corrected chi connectivity index (χ3v) is 3.49. The number of amides is 2. The number of ether oxygens (including phenoxy) is 1. The Balaban J connectivity index is 1.65. The Hall–Kier alpha value is -1.76. The second-order valence-corrected chi connectivity index (χ2v) is 5.00. The Morgan fingerprint density at radius 3 is 2.50 bits per heavy atom. The molecular formula is C14H16N2O4. The SMILES string of the molecule is CN1CCOC(CON2C(=O)c3ccccc3C2=O)C1. The van der Waals surface area contributed by atoms with Crippen molar-refractivity contribution in [1.82, 2.24) is 9.96 Å². The first-order chi connectivity index (χ1) is 9.66. The molecular weight excluding hydrogens is 260 g/mol. The highest BCUT2D eigenvalue weighted by Gasteiger charge is 2.37. The minimum absolute atomic E-state index is 0.127. The number of hydrogen-bond acceptors (Lipinski definition) is 5. The van der Waals surface area contributed by atoms with E-state index in [1.54, 1.807) is 24.3 Å². The van der Waals surface area contributed by atoms with Crippen molar-refractivity contribution in [3.05, 3.63) is 35.4 Å². The molecule has 1 fully saturated rings. The van der Waals surface area contributed by atoms with Gasteiger partial charge in [-0.1, -0.05) is 12.1 Å². The van der Waals surface area contributed by atoms with Crippen LogP contribution < -0.4 is 0 Å². The molecule has 2 heterocycles. The molecule has 0 aliphatic carbocycles. The van der Waals surface area contributed by atoms with Crippen LogP contribution in [0.5, 0.6) is 0 Å². The van der Waals surface area contributed by atoms with Crippen LogP contribution in [0.3, 0.4) is 0 Å². The molecule has 1 saturated heterocycles. The number of hydrogen-bond donors (Lipinski definition) is 0. The Bertz CT molecular complexity index is 511. The third-order valence-electron chi connectivity index (χ3n) is 3.49. The smallest absolute Gasteiger partial charge is 0.285 e. The van der Waals surface area contributed by atoms with Gasteiger partial charge in [-0.3, -0.25) is 14.4 Å². The second kappa shape index (κ2) is 5.32. The van der Waals surface area contributed by atoms with Crippen molar-refractivity contribution < 1.29 is 19.2 Å². The number of nitrogens with zero attached hydrogens (tertiary/aromatic N) is 2. The first-order valence-corrected chi connectivity index (χ1v) is 6.57. The summed E-state index contributed by atoms with van der Waals surface area (Å²) < 4.78 is 5.54. The van der Waals surface area contributed by atoms with Crippen LogP contribution in [0.4, 0.5) is 0 Å². The largest absolute Gasteiger partial charge is 0.373 e. The van der Waals surface area contributed by atoms with E-state index in [2.05, 4.69) is 4.90 Å². The molecule has 20 heavy (non-hydrogen) atoms. The molecule has 2 aliphatic heterocycles. The van der Waals surface area contributed by atoms with E-state index in [4.69, 9.17) is 9.57 Å². The molecule has 6 heteroatoms. The van der Waals surface area contributed by atoms with E-state index in [-0.39, 0.29) is 12.7 Å². The predicted molar refractivity (Wildman–Crippen MR) is 70.1 cm³/mol. The predicted octanol–water partition coefficient (Wildman–Crippen LogP) is 0.545. The molecule has 0 saturated carbocycles. The average Bonchev–Trinajstić information content (AvgIpc) is 2.70. The van der Waals surface area contributed by atoms with E-state index in [1.807, 2.05) is 7.05 Å². The molecule has 0 N–H and O–H groups in total. The van der Waals surface area contributed by atoms with E-state index in [9.17, 15) is 9.59 Å². The zero-order valence-electron chi connectivity index (χ0n) is 11.2. The van der Waals surface area contributed by atoms with E-state index >= 15 is 0 Å². The zero-order valence-corrected chi connectivity index (χ0v) is 11.2. The van der Waals surface area contributed by atoms with Gasteiger partial charge in [-0.2, -0.15) is 0 Å². The van der Waals surface area contributed by atoms with Gasteiger partial charge in [0.05, 0.1) is 23.8 Å². The summed E-state index contributed by atoms with van der Waals surface area (Å²) in [6.07, 6.45) is -0.127. The fourth-order valence-electron chi connectivity index (χ4n) is 2.41. The summed E-state index contributed by atoms with van der Waals surface area (Å²) in [5, 5.41) is 0.836. The number of carbonyl (C=O) groups excluding carboxylic acids is 2. The van der Waals surface area contributed by atoms with E-state index in [0.29, 0.717) is 17.7 Å². The maximum absolute atomic E-state index is 12.1. The topological polar surface area (TPSA) is 59.1 Å². The molecule has 1 atom stereocenters. The van der Waals surface area contributed by atoms with Gasteiger partial charge < -0.3 is 9.64 Å². The summed E-state index contributed by atoms with van der Waals surface area (Å²) in [7, 11) is 2.00. The normalized spacial score (nSPS) is 23.2. The summed E-state index contributed by atoms with van der Waals surface area (Å²) in [6, 6.07) is 6.72. The fraction of sp³-hybridized carbons (Fsp3) is 0.429. The van der Waals surface area contributed by atoms with Crippen molar-refractivity contribution in [2.75, 3.05) is 33.4 Å². The van der Waals surface area contributed by atoms with Gasteiger partial charge >= 0.3 is 0 Å². The van der Waals surface area contributed by atoms with Gasteiger partial charge in [-0.05, 0) is 19.2 Å². The zero-order chi connectivity index (χ0) is 14.1. The van der Waals surface area contributed by atoms with Crippen molar-refractivity contribution in [3.8, 4) is 0 Å². The summed E-state index contributed by atoms with van der Waals surface area (Å²) in [5.74, 6) is -0.815. The Morgan fingerprint density at radius 1 is 1.25 bits per heavy atom. The molecule has 0 bridgehead atoms. The van der Waals surface area contributed by atoms with Gasteiger partial charge in [-0.25, -0.2) is 0 Å². The van der Waals surface area contributed by atoms with Crippen molar-refractivity contribution in [2.24, 2.45) is 0 Å². The number of fused-ring (bicyclic) bond motifs is 1. The van der Waals surface area contributed by atoms with Gasteiger partial charge in [0.25, 0.3) is 11.8 Å². The molecule has 6 nitrogen and oxygen atoms in total. The molecule has 0 spiro atoms. The first-order valence-electron chi connectivity index (χ1n) is 6.57. The van der Waals surface area contributed by atoms with Crippen LogP contribution in [0.2, 0.25) is 0 Å². The summed E-state index contributed by atoms with van der Waals surface area (Å²) in [4.78, 5) is 31.7. The summed E-state index contributed by atoms with van der Waals surface area (Å²) >= 11 is 0. The lowest BCUT2D eigenvalue weighted by Crippen LogP contribution is -2.44. The standard InChI is InChI=1S/C14H16N2O4/c1-15-6-7-19-10(8-15)9-20-16-13(17)11-4-2-3-5-12(11)14(16)18/h2-5,10H,6-9H2,1H3. The fourth-order valence-corrected chi connectivity index (χ4v) is 2.41. The van der Waals surface area contributed by atoms with Crippen LogP contribution in [0.15, 0.2) is 24.3 Å². The Kier molecular flexibility index (Phi) is 3.52. The van der Waals surface area contributed by atoms with Crippen molar-refractivity contribution in [3.63, 3.8) is 0 Å². The van der Waals surface area contributed by atoms with Gasteiger partial charge in [0.15, 0.2) is 0 Å². The molecule has 2 aliphatic rings. The lowest BCUT2D eigenvalue weighted by atomic mass is 10.1. The van der Waals surface area contributed by atoms with Gasteiger partial charge in [-0.15, -0.1) is 5.06 Å². The number of benzene rings is 1. The monoisotopic (exact) mass is 276 g/mol. The number of carbonyl (C=O) groups is 2. The van der Waals surface area contributed by atoms with Crippen LogP contribution in [0.1, 0.15) is 20.7 Å². The number of hydroxylamine groups is 2. The molecule has 2 amide bonds. The van der Waals surface area contributed by atoms with Crippen molar-refractivity contribution >= 4 is 11.8 Å². The highest BCUT2D eigenvalue weighted by atomic mass is 16.7. The van der Waals surface area contributed by atoms with Crippen molar-refractivity contribution in [1.29, 1.82) is 0 Å². The van der Waals surface area contributed by atoms with Gasteiger partial charge in [0, 0.05) is 13.1 Å². The molecule has 1 aromatic rings. The maximum Gasteiger partial charge on any atom is 0.285 e. The van der Waals surface area contributed by atoms with Crippen molar-refractivity contribution in [2.45, 2.75) is 6.10 Å². The highest BCUT2D eigenvalue weighted by molar-refractivity contribution is 6.20. The molecule has 0 radical (unpaired) electrons. The molecule has 3 rings (SSSR count). The minimum Gasteiger partial charge on any atom is -0.373 e. The van der Waals surface area contributed by atoms with Crippen LogP contribution in [-0.2, 0) is 9.57 Å². The van der Waals surface area contributed by atoms with E-state index in [0.717, 1.165) is 18.2 Å². The Morgan fingerprint density at radius 2 is 1.90 bits per heavy atom. The average molecular weight is 276 g/mol. The van der Waals surface area contributed by atoms with Crippen LogP contribution in [-0.4, -0.2) is 61.2 Å². The lowest BCUT2D eigenvalue weighted by Gasteiger charge is -2.30. The molecule has 106 valence electrons. The van der Waals surface area contributed by atoms with E-state index in [1.165, 1.54) is 0 Å². The number of likely N-dealkylation sites (N-methyl/N-ethyl adjacent to an activating group) is 1. The molecule has 1 aromatic carbocycles. The summed E-state index contributed by atoms with van der Waals surface area (Å²) in [5.41, 5.74) is 0.776. The van der Waals surface area contributed by atoms with Crippen LogP contribution in [0, 0.1) is 0 Å². The third kappa shape index (κ3) is 2.33. The highest BCUT2D eigenvalue weighted by Crippen LogP contribution is 2.22.